The maximum atomic E-state index is 14.5. The molecule has 1 aromatic heterocycles. The van der Waals surface area contributed by atoms with E-state index in [0.29, 0.717) is 29.1 Å². The Bertz CT molecular complexity index is 1020. The van der Waals surface area contributed by atoms with Crippen molar-refractivity contribution in [3.8, 4) is 11.3 Å². The Morgan fingerprint density at radius 1 is 0.821 bits per heavy atom. The summed E-state index contributed by atoms with van der Waals surface area (Å²) in [6.07, 6.45) is -0.0170. The summed E-state index contributed by atoms with van der Waals surface area (Å²) >= 11 is 0. The van der Waals surface area contributed by atoms with E-state index < -0.39 is 22.9 Å². The lowest BCUT2D eigenvalue weighted by atomic mass is 9.81. The zero-order valence-corrected chi connectivity index (χ0v) is 16.2. The summed E-state index contributed by atoms with van der Waals surface area (Å²) in [5.74, 6) is -3.19. The number of benzene rings is 2. The summed E-state index contributed by atoms with van der Waals surface area (Å²) in [4.78, 5) is 4.62. The van der Waals surface area contributed by atoms with Crippen LogP contribution in [0.1, 0.15) is 36.2 Å². The third-order valence-electron chi connectivity index (χ3n) is 4.89. The molecule has 0 amide bonds. The number of hydrogen-bond acceptors (Lipinski definition) is 1. The molecular formula is C23H21F4N. The summed E-state index contributed by atoms with van der Waals surface area (Å²) < 4.78 is 55.9. The van der Waals surface area contributed by atoms with Crippen molar-refractivity contribution in [1.82, 2.24) is 4.98 Å². The third kappa shape index (κ3) is 3.93. The highest BCUT2D eigenvalue weighted by Crippen LogP contribution is 2.32. The van der Waals surface area contributed by atoms with Gasteiger partial charge in [-0.1, -0.05) is 26.0 Å². The van der Waals surface area contributed by atoms with Crippen molar-refractivity contribution in [2.24, 2.45) is 0 Å². The molecule has 3 aromatic rings. The number of halogens is 4. The second kappa shape index (κ2) is 7.38. The van der Waals surface area contributed by atoms with E-state index >= 15 is 0 Å². The minimum atomic E-state index is -0.956. The van der Waals surface area contributed by atoms with Crippen LogP contribution in [0.4, 0.5) is 17.6 Å². The molecule has 0 fully saturated rings. The van der Waals surface area contributed by atoms with Gasteiger partial charge in [-0.05, 0) is 49.6 Å². The minimum absolute atomic E-state index is 0.0170. The lowest BCUT2D eigenvalue weighted by molar-refractivity contribution is 0.458. The van der Waals surface area contributed by atoms with Gasteiger partial charge in [0.1, 0.15) is 23.3 Å². The van der Waals surface area contributed by atoms with Crippen LogP contribution in [0.25, 0.3) is 11.3 Å². The first-order valence-corrected chi connectivity index (χ1v) is 8.96. The molecule has 0 bridgehead atoms. The van der Waals surface area contributed by atoms with E-state index in [0.717, 1.165) is 11.1 Å². The number of aromatic nitrogens is 1. The zero-order valence-electron chi connectivity index (χ0n) is 16.2. The van der Waals surface area contributed by atoms with Crippen molar-refractivity contribution in [3.05, 3.63) is 88.1 Å². The molecule has 0 atom stereocenters. The molecule has 146 valence electrons. The fourth-order valence-corrected chi connectivity index (χ4v) is 3.26. The first-order chi connectivity index (χ1) is 13.1. The standard InChI is InChI=1S/C23H21F4N/c1-13-5-7-16(18(25)9-13)22-14(2)6-8-21(28-22)23(3,4)12-17-19(26)10-15(24)11-20(17)27/h5-11H,12H2,1-4H3. The maximum Gasteiger partial charge on any atom is 0.132 e. The third-order valence-corrected chi connectivity index (χ3v) is 4.89. The van der Waals surface area contributed by atoms with Gasteiger partial charge in [-0.15, -0.1) is 0 Å². The van der Waals surface area contributed by atoms with Crippen LogP contribution in [0.3, 0.4) is 0 Å². The van der Waals surface area contributed by atoms with Crippen LogP contribution in [0.5, 0.6) is 0 Å². The van der Waals surface area contributed by atoms with Crippen LogP contribution >= 0.6 is 0 Å². The first-order valence-electron chi connectivity index (χ1n) is 8.96. The van der Waals surface area contributed by atoms with Crippen LogP contribution in [-0.4, -0.2) is 4.98 Å². The SMILES string of the molecule is Cc1ccc(-c2nc(C(C)(C)Cc3c(F)cc(F)cc3F)ccc2C)c(F)c1. The van der Waals surface area contributed by atoms with Gasteiger partial charge in [0.25, 0.3) is 0 Å². The number of hydrogen-bond donors (Lipinski definition) is 0. The maximum absolute atomic E-state index is 14.5. The van der Waals surface area contributed by atoms with Crippen molar-refractivity contribution in [1.29, 1.82) is 0 Å². The largest absolute Gasteiger partial charge is 0.252 e. The Balaban J connectivity index is 2.04. The molecule has 1 nitrogen and oxygen atoms in total. The van der Waals surface area contributed by atoms with E-state index in [9.17, 15) is 17.6 Å². The van der Waals surface area contributed by atoms with Gasteiger partial charge in [0, 0.05) is 34.4 Å². The van der Waals surface area contributed by atoms with Crippen LogP contribution in [0.15, 0.2) is 42.5 Å². The average molecular weight is 387 g/mol. The highest BCUT2D eigenvalue weighted by Gasteiger charge is 2.27. The van der Waals surface area contributed by atoms with Crippen LogP contribution in [0.2, 0.25) is 0 Å². The molecule has 2 aromatic carbocycles. The van der Waals surface area contributed by atoms with Gasteiger partial charge in [-0.25, -0.2) is 17.6 Å². The van der Waals surface area contributed by atoms with Crippen molar-refractivity contribution >= 4 is 0 Å². The summed E-state index contributed by atoms with van der Waals surface area (Å²) in [6, 6.07) is 9.85. The van der Waals surface area contributed by atoms with E-state index in [1.165, 1.54) is 6.07 Å². The van der Waals surface area contributed by atoms with E-state index in [4.69, 9.17) is 0 Å². The Labute approximate surface area is 162 Å². The summed E-state index contributed by atoms with van der Waals surface area (Å²) in [7, 11) is 0. The van der Waals surface area contributed by atoms with Crippen molar-refractivity contribution in [3.63, 3.8) is 0 Å². The molecule has 0 aliphatic heterocycles. The van der Waals surface area contributed by atoms with Gasteiger partial charge in [0.2, 0.25) is 0 Å². The second-order valence-corrected chi connectivity index (χ2v) is 7.75. The highest BCUT2D eigenvalue weighted by molar-refractivity contribution is 5.64. The normalized spacial score (nSPS) is 11.7. The van der Waals surface area contributed by atoms with Crippen LogP contribution in [-0.2, 0) is 11.8 Å². The topological polar surface area (TPSA) is 12.9 Å². The van der Waals surface area contributed by atoms with E-state index in [2.05, 4.69) is 4.98 Å². The Kier molecular flexibility index (Phi) is 5.28. The summed E-state index contributed by atoms with van der Waals surface area (Å²) in [5, 5.41) is 0. The van der Waals surface area contributed by atoms with Gasteiger partial charge in [-0.3, -0.25) is 4.98 Å². The molecule has 0 unspecified atom stereocenters. The van der Waals surface area contributed by atoms with Gasteiger partial charge in [-0.2, -0.15) is 0 Å². The summed E-state index contributed by atoms with van der Waals surface area (Å²) in [5.41, 5.74) is 2.07. The molecule has 0 saturated heterocycles. The summed E-state index contributed by atoms with van der Waals surface area (Å²) in [6.45, 7) is 7.22. The molecule has 0 saturated carbocycles. The quantitative estimate of drug-likeness (QED) is 0.469. The van der Waals surface area contributed by atoms with Crippen LogP contribution in [0, 0.1) is 37.1 Å². The predicted octanol–water partition coefficient (Wildman–Crippen LogP) is 6.44. The van der Waals surface area contributed by atoms with Gasteiger partial charge < -0.3 is 0 Å². The Morgan fingerprint density at radius 3 is 2.07 bits per heavy atom. The van der Waals surface area contributed by atoms with E-state index in [-0.39, 0.29) is 17.8 Å². The number of pyridine rings is 1. The molecule has 3 rings (SSSR count). The smallest absolute Gasteiger partial charge is 0.132 e. The second-order valence-electron chi connectivity index (χ2n) is 7.75. The molecular weight excluding hydrogens is 366 g/mol. The lowest BCUT2D eigenvalue weighted by Crippen LogP contribution is -2.24. The first kappa shape index (κ1) is 20.1. The van der Waals surface area contributed by atoms with E-state index in [1.807, 2.05) is 13.0 Å². The van der Waals surface area contributed by atoms with Crippen molar-refractivity contribution < 1.29 is 17.6 Å². The molecule has 28 heavy (non-hydrogen) atoms. The molecule has 1 heterocycles. The number of nitrogens with zero attached hydrogens (tertiary/aromatic N) is 1. The Hall–Kier alpha value is -2.69. The fourth-order valence-electron chi connectivity index (χ4n) is 3.26. The van der Waals surface area contributed by atoms with Crippen molar-refractivity contribution in [2.75, 3.05) is 0 Å². The number of aryl methyl sites for hydroxylation is 2. The molecule has 0 aliphatic rings. The molecule has 5 heteroatoms. The molecule has 0 radical (unpaired) electrons. The average Bonchev–Trinajstić information content (AvgIpc) is 2.59. The number of rotatable bonds is 4. The molecule has 0 aliphatic carbocycles. The fraction of sp³-hybridized carbons (Fsp3) is 0.261. The lowest BCUT2D eigenvalue weighted by Gasteiger charge is -2.26. The Morgan fingerprint density at radius 2 is 1.46 bits per heavy atom. The van der Waals surface area contributed by atoms with Gasteiger partial charge in [0.15, 0.2) is 0 Å². The molecule has 0 N–H and O–H groups in total. The zero-order chi connectivity index (χ0) is 20.6. The highest BCUT2D eigenvalue weighted by atomic mass is 19.1. The van der Waals surface area contributed by atoms with E-state index in [1.54, 1.807) is 39.0 Å². The minimum Gasteiger partial charge on any atom is -0.252 e. The van der Waals surface area contributed by atoms with Crippen LogP contribution < -0.4 is 0 Å². The van der Waals surface area contributed by atoms with Crippen molar-refractivity contribution in [2.45, 2.75) is 39.5 Å². The van der Waals surface area contributed by atoms with Gasteiger partial charge >= 0.3 is 0 Å². The predicted molar refractivity (Wildman–Crippen MR) is 102 cm³/mol. The monoisotopic (exact) mass is 387 g/mol. The van der Waals surface area contributed by atoms with Gasteiger partial charge in [0.05, 0.1) is 5.69 Å². The molecule has 0 spiro atoms.